The number of benzene rings is 2. The van der Waals surface area contributed by atoms with Gasteiger partial charge in [-0.1, -0.05) is 24.3 Å². The molecule has 0 atom stereocenters. The summed E-state index contributed by atoms with van der Waals surface area (Å²) in [6.07, 6.45) is 3.92. The van der Waals surface area contributed by atoms with E-state index in [0.717, 1.165) is 23.3 Å². The summed E-state index contributed by atoms with van der Waals surface area (Å²) in [5.74, 6) is 1.64. The first-order valence-corrected chi connectivity index (χ1v) is 10.6. The van der Waals surface area contributed by atoms with E-state index in [0.29, 0.717) is 31.3 Å². The van der Waals surface area contributed by atoms with Crippen molar-refractivity contribution in [3.05, 3.63) is 102 Å². The van der Waals surface area contributed by atoms with Crippen molar-refractivity contribution in [1.29, 1.82) is 0 Å². The lowest BCUT2D eigenvalue weighted by molar-refractivity contribution is -0.117. The number of anilines is 1. The Labute approximate surface area is 203 Å². The Morgan fingerprint density at radius 3 is 2.71 bits per heavy atom. The third kappa shape index (κ3) is 7.75. The molecule has 0 unspecified atom stereocenters. The van der Waals surface area contributed by atoms with Crippen LogP contribution in [0.3, 0.4) is 0 Å². The lowest BCUT2D eigenvalue weighted by Gasteiger charge is -2.20. The Morgan fingerprint density at radius 1 is 1.09 bits per heavy atom. The lowest BCUT2D eigenvalue weighted by atomic mass is 10.1. The molecule has 4 aromatic rings. The van der Waals surface area contributed by atoms with E-state index in [4.69, 9.17) is 9.15 Å². The van der Waals surface area contributed by atoms with Gasteiger partial charge in [0.25, 0.3) is 0 Å². The van der Waals surface area contributed by atoms with Gasteiger partial charge in [-0.05, 0) is 53.9 Å². The van der Waals surface area contributed by atoms with E-state index in [9.17, 15) is 9.18 Å². The second-order valence-corrected chi connectivity index (χ2v) is 7.62. The molecule has 1 amide bonds. The number of aromatic nitrogens is 2. The number of nitrogens with zero attached hydrogens (tertiary/aromatic N) is 2. The van der Waals surface area contributed by atoms with Gasteiger partial charge in [0.1, 0.15) is 29.8 Å². The molecule has 2 heterocycles. The first kappa shape index (κ1) is 25.0. The molecular formula is C25H26ClFN4O3. The molecule has 4 rings (SSSR count). The Kier molecular flexibility index (Phi) is 9.25. The quantitative estimate of drug-likeness (QED) is 0.319. The fourth-order valence-corrected chi connectivity index (χ4v) is 3.43. The summed E-state index contributed by atoms with van der Waals surface area (Å²) in [5, 5.41) is 9.36. The van der Waals surface area contributed by atoms with E-state index in [1.54, 1.807) is 24.6 Å². The van der Waals surface area contributed by atoms with Crippen LogP contribution in [-0.4, -0.2) is 34.1 Å². The van der Waals surface area contributed by atoms with Crippen molar-refractivity contribution < 1.29 is 18.3 Å². The van der Waals surface area contributed by atoms with Crippen molar-refractivity contribution in [2.75, 3.05) is 18.4 Å². The summed E-state index contributed by atoms with van der Waals surface area (Å²) >= 11 is 0. The SMILES string of the molecule is Cl.O=C(CN(CCc1cccc(OCc2cccc(F)c2)c1)Cc1ccco1)Nc1ccn[nH]1. The summed E-state index contributed by atoms with van der Waals surface area (Å²) in [4.78, 5) is 14.5. The van der Waals surface area contributed by atoms with E-state index in [1.165, 1.54) is 12.1 Å². The third-order valence-electron chi connectivity index (χ3n) is 5.01. The third-order valence-corrected chi connectivity index (χ3v) is 5.01. The van der Waals surface area contributed by atoms with Gasteiger partial charge in [0.15, 0.2) is 0 Å². The summed E-state index contributed by atoms with van der Waals surface area (Å²) < 4.78 is 24.7. The number of aromatic amines is 1. The largest absolute Gasteiger partial charge is 0.489 e. The molecule has 0 radical (unpaired) electrons. The summed E-state index contributed by atoms with van der Waals surface area (Å²) in [5.41, 5.74) is 1.85. The summed E-state index contributed by atoms with van der Waals surface area (Å²) in [7, 11) is 0. The van der Waals surface area contributed by atoms with Crippen LogP contribution in [-0.2, 0) is 24.4 Å². The van der Waals surface area contributed by atoms with Crippen molar-refractivity contribution in [2.24, 2.45) is 0 Å². The van der Waals surface area contributed by atoms with Gasteiger partial charge in [-0.25, -0.2) is 4.39 Å². The van der Waals surface area contributed by atoms with Gasteiger partial charge in [0.2, 0.25) is 5.91 Å². The van der Waals surface area contributed by atoms with Crippen LogP contribution < -0.4 is 10.1 Å². The zero-order valence-corrected chi connectivity index (χ0v) is 19.3. The highest BCUT2D eigenvalue weighted by atomic mass is 35.5. The number of amides is 1. The Hall–Kier alpha value is -3.62. The minimum absolute atomic E-state index is 0. The van der Waals surface area contributed by atoms with Crippen molar-refractivity contribution in [1.82, 2.24) is 15.1 Å². The van der Waals surface area contributed by atoms with Crippen LogP contribution in [0.15, 0.2) is 83.6 Å². The van der Waals surface area contributed by atoms with E-state index in [-0.39, 0.29) is 30.7 Å². The standard InChI is InChI=1S/C25H25FN4O3.ClH/c26-21-6-1-5-20(14-21)18-33-22-7-2-4-19(15-22)10-12-30(16-23-8-3-13-32-23)17-25(31)28-24-9-11-27-29-24;/h1-9,11,13-15H,10,12,16-18H2,(H2,27,28,29,31);1H. The Balaban J connectivity index is 0.00000324. The molecule has 2 N–H and O–H groups in total. The number of hydrogen-bond donors (Lipinski definition) is 2. The Morgan fingerprint density at radius 2 is 1.94 bits per heavy atom. The van der Waals surface area contributed by atoms with Crippen LogP contribution in [0.1, 0.15) is 16.9 Å². The average molecular weight is 485 g/mol. The molecule has 0 aliphatic carbocycles. The highest BCUT2D eigenvalue weighted by Gasteiger charge is 2.14. The number of H-pyrrole nitrogens is 1. The van der Waals surface area contributed by atoms with Crippen LogP contribution in [0.4, 0.5) is 10.2 Å². The maximum atomic E-state index is 13.4. The molecule has 7 nitrogen and oxygen atoms in total. The van der Waals surface area contributed by atoms with Crippen LogP contribution in [0.2, 0.25) is 0 Å². The van der Waals surface area contributed by atoms with Crippen LogP contribution in [0, 0.1) is 5.82 Å². The maximum Gasteiger partial charge on any atom is 0.239 e. The normalized spacial score (nSPS) is 10.6. The molecule has 0 fully saturated rings. The molecule has 2 aromatic carbocycles. The first-order chi connectivity index (χ1) is 16.1. The van der Waals surface area contributed by atoms with Gasteiger partial charge in [0, 0.05) is 12.6 Å². The zero-order chi connectivity index (χ0) is 22.9. The average Bonchev–Trinajstić information content (AvgIpc) is 3.51. The molecule has 0 bridgehead atoms. The number of carbonyl (C=O) groups is 1. The number of hydrogen-bond acceptors (Lipinski definition) is 5. The van der Waals surface area contributed by atoms with Crippen LogP contribution in [0.5, 0.6) is 5.75 Å². The fraction of sp³-hybridized carbons (Fsp3) is 0.200. The van der Waals surface area contributed by atoms with E-state index in [2.05, 4.69) is 15.5 Å². The number of nitrogens with one attached hydrogen (secondary N) is 2. The van der Waals surface area contributed by atoms with Crippen molar-refractivity contribution in [3.63, 3.8) is 0 Å². The van der Waals surface area contributed by atoms with Gasteiger partial charge in [-0.3, -0.25) is 14.8 Å². The lowest BCUT2D eigenvalue weighted by Crippen LogP contribution is -2.34. The molecule has 0 aliphatic heterocycles. The van der Waals surface area contributed by atoms with Gasteiger partial charge in [-0.15, -0.1) is 12.4 Å². The van der Waals surface area contributed by atoms with Crippen molar-refractivity contribution in [2.45, 2.75) is 19.6 Å². The van der Waals surface area contributed by atoms with Crippen molar-refractivity contribution >= 4 is 24.1 Å². The van der Waals surface area contributed by atoms with E-state index < -0.39 is 0 Å². The number of rotatable bonds is 11. The smallest absolute Gasteiger partial charge is 0.239 e. The van der Waals surface area contributed by atoms with Gasteiger partial charge >= 0.3 is 0 Å². The first-order valence-electron chi connectivity index (χ1n) is 10.6. The highest BCUT2D eigenvalue weighted by Crippen LogP contribution is 2.17. The van der Waals surface area contributed by atoms with E-state index >= 15 is 0 Å². The predicted octanol–water partition coefficient (Wildman–Crippen LogP) is 4.83. The topological polar surface area (TPSA) is 83.4 Å². The molecule has 0 saturated carbocycles. The molecular weight excluding hydrogens is 459 g/mol. The van der Waals surface area contributed by atoms with Gasteiger partial charge in [0.05, 0.1) is 25.5 Å². The van der Waals surface area contributed by atoms with E-state index in [1.807, 2.05) is 47.4 Å². The second-order valence-electron chi connectivity index (χ2n) is 7.62. The minimum atomic E-state index is -0.280. The molecule has 0 aliphatic rings. The number of ether oxygens (including phenoxy) is 1. The molecule has 2 aromatic heterocycles. The molecule has 9 heteroatoms. The monoisotopic (exact) mass is 484 g/mol. The van der Waals surface area contributed by atoms with Crippen LogP contribution >= 0.6 is 12.4 Å². The zero-order valence-electron chi connectivity index (χ0n) is 18.4. The molecule has 0 saturated heterocycles. The highest BCUT2D eigenvalue weighted by molar-refractivity contribution is 5.91. The predicted molar refractivity (Wildman–Crippen MR) is 129 cm³/mol. The fourth-order valence-electron chi connectivity index (χ4n) is 3.43. The van der Waals surface area contributed by atoms with Gasteiger partial charge < -0.3 is 14.5 Å². The molecule has 0 spiro atoms. The molecule has 178 valence electrons. The van der Waals surface area contributed by atoms with Crippen molar-refractivity contribution in [3.8, 4) is 5.75 Å². The number of carbonyl (C=O) groups excluding carboxylic acids is 1. The second kappa shape index (κ2) is 12.6. The van der Waals surface area contributed by atoms with Crippen LogP contribution in [0.25, 0.3) is 0 Å². The summed E-state index contributed by atoms with van der Waals surface area (Å²) in [6.45, 7) is 1.65. The number of furan rings is 1. The Bertz CT molecular complexity index is 1150. The summed E-state index contributed by atoms with van der Waals surface area (Å²) in [6, 6.07) is 19.6. The maximum absolute atomic E-state index is 13.4. The van der Waals surface area contributed by atoms with Gasteiger partial charge in [-0.2, -0.15) is 5.10 Å². The minimum Gasteiger partial charge on any atom is -0.489 e. The number of halogens is 2. The molecule has 34 heavy (non-hydrogen) atoms.